The number of Topliss-reactive ketones (excluding diaryl/α,β-unsaturated/α-hetero) is 1. The molecule has 62 heavy (non-hydrogen) atoms. The van der Waals surface area contributed by atoms with Crippen LogP contribution in [0.3, 0.4) is 0 Å². The van der Waals surface area contributed by atoms with Crippen molar-refractivity contribution >= 4 is 80.9 Å². The van der Waals surface area contributed by atoms with Crippen LogP contribution in [-0.2, 0) is 32.3 Å². The average Bonchev–Trinajstić information content (AvgIpc) is 3.26. The van der Waals surface area contributed by atoms with Crippen molar-refractivity contribution in [2.75, 3.05) is 73.9 Å². The first-order valence-electron chi connectivity index (χ1n) is 20.0. The van der Waals surface area contributed by atoms with Crippen LogP contribution in [0, 0.1) is 5.92 Å². The number of carbonyl (C=O) groups excluding carboxylic acids is 4. The van der Waals surface area contributed by atoms with Crippen molar-refractivity contribution in [1.29, 1.82) is 0 Å². The highest BCUT2D eigenvalue weighted by molar-refractivity contribution is 8.76. The number of carbonyl (C=O) groups is 4. The van der Waals surface area contributed by atoms with E-state index in [0.717, 1.165) is 44.1 Å². The fourth-order valence-electron chi connectivity index (χ4n) is 6.30. The van der Waals surface area contributed by atoms with Crippen molar-refractivity contribution in [3.05, 3.63) is 120 Å². The van der Waals surface area contributed by atoms with E-state index in [1.165, 1.54) is 0 Å². The molecular weight excluding hydrogens is 835 g/mol. The molecule has 0 fully saturated rings. The Morgan fingerprint density at radius 3 is 1.48 bits per heavy atom. The number of rotatable bonds is 28. The van der Waals surface area contributed by atoms with Gasteiger partial charge in [0.15, 0.2) is 18.2 Å². The number of nitrogens with zero attached hydrogens (tertiary/aromatic N) is 4. The van der Waals surface area contributed by atoms with Gasteiger partial charge in [-0.25, -0.2) is 0 Å². The summed E-state index contributed by atoms with van der Waals surface area (Å²) in [5.41, 5.74) is 4.85. The number of nitrogens with one attached hydrogen (secondary N) is 1. The largest absolute Gasteiger partial charge is 0.550 e. The molecule has 0 radical (unpaired) electrons. The van der Waals surface area contributed by atoms with Crippen molar-refractivity contribution < 1.29 is 59.0 Å². The Balaban J connectivity index is 1.27. The number of hydrogen-bond donors (Lipinski definition) is 5. The zero-order chi connectivity index (χ0) is 44.7. The van der Waals surface area contributed by atoms with Crippen LogP contribution in [0.4, 0.5) is 11.4 Å². The van der Waals surface area contributed by atoms with Crippen molar-refractivity contribution in [2.24, 2.45) is 5.92 Å². The number of aromatic nitrogens is 2. The average molecular weight is 888 g/mol. The first-order valence-corrected chi connectivity index (χ1v) is 22.5. The number of carboxylic acids is 2. The van der Waals surface area contributed by atoms with Gasteiger partial charge in [0.25, 0.3) is 5.91 Å². The Bertz CT molecular complexity index is 1940. The lowest BCUT2D eigenvalue weighted by Crippen LogP contribution is -2.53. The maximum atomic E-state index is 13.1. The lowest BCUT2D eigenvalue weighted by Gasteiger charge is -2.22. The Morgan fingerprint density at radius 1 is 0.597 bits per heavy atom. The molecule has 0 saturated heterocycles. The SMILES string of the molecule is O=C(CC(CSSCC(NC(=O)C[n+]1ccccc1/C=C/c1ccc(N(CCO)CCO)cc1)C(=O)[O-])C(=O)[O-])C[n+]1ccccc1/C=C/c1ccc(N(CCO)CCO)cc1. The van der Waals surface area contributed by atoms with Crippen molar-refractivity contribution in [3.63, 3.8) is 0 Å². The number of ketones is 1. The van der Waals surface area contributed by atoms with Crippen LogP contribution in [0.5, 0.6) is 0 Å². The second-order valence-corrected chi connectivity index (χ2v) is 16.5. The quantitative estimate of drug-likeness (QED) is 0.0284. The number of aliphatic hydroxyl groups excluding tert-OH is 4. The number of amides is 1. The smallest absolute Gasteiger partial charge is 0.286 e. The fourth-order valence-corrected chi connectivity index (χ4v) is 8.74. The summed E-state index contributed by atoms with van der Waals surface area (Å²) in [4.78, 5) is 53.9. The van der Waals surface area contributed by atoms with Gasteiger partial charge in [-0.3, -0.25) is 9.59 Å². The lowest BCUT2D eigenvalue weighted by molar-refractivity contribution is -0.686. The summed E-state index contributed by atoms with van der Waals surface area (Å²) < 4.78 is 3.36. The molecule has 2 atom stereocenters. The highest BCUT2D eigenvalue weighted by atomic mass is 33.1. The van der Waals surface area contributed by atoms with Crippen LogP contribution in [0.15, 0.2) is 97.3 Å². The van der Waals surface area contributed by atoms with Gasteiger partial charge in [-0.15, -0.1) is 0 Å². The molecule has 0 aliphatic carbocycles. The molecule has 2 aromatic carbocycles. The standard InChI is InChI=1S/C45H53N5O10S2/c51-25-21-47(22-26-52)39-15-9-34(10-16-39)7-13-37-5-1-3-19-49(37)30-41(55)29-36(44(57)58)32-61-62-33-42(45(59)60)46-43(56)31-50-20-4-2-6-38(50)14-8-35-11-17-40(18-12-35)48(23-27-53)24-28-54/h1-20,36,42,51-54H,21-33H2,(H-2,46,56,57,58,59,60). The van der Waals surface area contributed by atoms with Crippen molar-refractivity contribution in [1.82, 2.24) is 5.32 Å². The van der Waals surface area contributed by atoms with Crippen LogP contribution < -0.4 is 34.5 Å². The fraction of sp³-hybridized carbons (Fsp3) is 0.333. The Morgan fingerprint density at radius 2 is 1.05 bits per heavy atom. The van der Waals surface area contributed by atoms with Crippen LogP contribution in [-0.4, -0.2) is 114 Å². The summed E-state index contributed by atoms with van der Waals surface area (Å²) in [6.45, 7) is 1.12. The molecule has 5 N–H and O–H groups in total. The summed E-state index contributed by atoms with van der Waals surface area (Å²) in [5, 5.41) is 63.8. The maximum Gasteiger partial charge on any atom is 0.286 e. The van der Waals surface area contributed by atoms with Gasteiger partial charge in [0.05, 0.1) is 38.4 Å². The third-order valence-corrected chi connectivity index (χ3v) is 12.0. The van der Waals surface area contributed by atoms with E-state index >= 15 is 0 Å². The van der Waals surface area contributed by atoms with Gasteiger partial charge in [-0.05, 0) is 59.7 Å². The minimum atomic E-state index is -1.50. The zero-order valence-corrected chi connectivity index (χ0v) is 35.9. The number of aliphatic carboxylic acids is 2. The number of hydrogen-bond acceptors (Lipinski definition) is 14. The van der Waals surface area contributed by atoms with Crippen molar-refractivity contribution in [3.8, 4) is 0 Å². The summed E-state index contributed by atoms with van der Waals surface area (Å²) in [6.07, 6.45) is 10.5. The molecule has 2 aromatic heterocycles. The molecule has 17 heteroatoms. The van der Waals surface area contributed by atoms with E-state index in [1.807, 2.05) is 94.8 Å². The highest BCUT2D eigenvalue weighted by Gasteiger charge is 2.22. The van der Waals surface area contributed by atoms with E-state index in [1.54, 1.807) is 45.8 Å². The first-order chi connectivity index (χ1) is 30.0. The number of aliphatic hydroxyl groups is 4. The number of pyridine rings is 2. The molecule has 2 unspecified atom stereocenters. The molecule has 0 aliphatic heterocycles. The van der Waals surface area contributed by atoms with E-state index in [-0.39, 0.29) is 63.2 Å². The molecule has 4 rings (SSSR count). The van der Waals surface area contributed by atoms with E-state index < -0.39 is 29.8 Å². The Hall–Kier alpha value is -5.56. The van der Waals surface area contributed by atoms with Crippen molar-refractivity contribution in [2.45, 2.75) is 25.6 Å². The third-order valence-electron chi connectivity index (χ3n) is 9.52. The molecule has 0 spiro atoms. The normalized spacial score (nSPS) is 12.3. The first kappa shape index (κ1) is 49.1. The number of anilines is 2. The second kappa shape index (κ2) is 26.7. The van der Waals surface area contributed by atoms with Gasteiger partial charge in [-0.2, -0.15) is 9.13 Å². The van der Waals surface area contributed by atoms with E-state index in [9.17, 15) is 49.8 Å². The predicted molar refractivity (Wildman–Crippen MR) is 237 cm³/mol. The molecule has 4 aromatic rings. The Kier molecular flexibility index (Phi) is 21.1. The molecule has 0 aliphatic rings. The van der Waals surface area contributed by atoms with Crippen LogP contribution in [0.2, 0.25) is 0 Å². The monoisotopic (exact) mass is 887 g/mol. The van der Waals surface area contributed by atoms with E-state index in [0.29, 0.717) is 37.6 Å². The van der Waals surface area contributed by atoms with E-state index in [4.69, 9.17) is 0 Å². The number of benzene rings is 2. The van der Waals surface area contributed by atoms with Gasteiger partial charge >= 0.3 is 0 Å². The summed E-state index contributed by atoms with van der Waals surface area (Å²) >= 11 is 0. The minimum absolute atomic E-state index is 0.0371. The van der Waals surface area contributed by atoms with E-state index in [2.05, 4.69) is 5.32 Å². The zero-order valence-electron chi connectivity index (χ0n) is 34.2. The summed E-state index contributed by atoms with van der Waals surface area (Å²) in [5.74, 6) is -5.11. The van der Waals surface area contributed by atoms with Crippen LogP contribution >= 0.6 is 21.6 Å². The molecule has 0 saturated carbocycles. The van der Waals surface area contributed by atoms with Gasteiger partial charge in [-0.1, -0.05) is 45.9 Å². The molecule has 1 amide bonds. The van der Waals surface area contributed by atoms with Crippen LogP contribution in [0.1, 0.15) is 28.9 Å². The summed E-state index contributed by atoms with van der Waals surface area (Å²) in [6, 6.07) is 24.5. The topological polar surface area (TPSA) is 222 Å². The number of carboxylic acid groups (broad SMARTS) is 2. The van der Waals surface area contributed by atoms with Gasteiger partial charge in [0.2, 0.25) is 24.5 Å². The van der Waals surface area contributed by atoms with Gasteiger partial charge < -0.3 is 55.3 Å². The second-order valence-electron chi connectivity index (χ2n) is 14.0. The summed E-state index contributed by atoms with van der Waals surface area (Å²) in [7, 11) is 2.10. The van der Waals surface area contributed by atoms with Crippen LogP contribution in [0.25, 0.3) is 24.3 Å². The minimum Gasteiger partial charge on any atom is -0.550 e. The predicted octanol–water partition coefficient (Wildman–Crippen LogP) is -0.174. The molecule has 15 nitrogen and oxygen atoms in total. The molecule has 330 valence electrons. The lowest BCUT2D eigenvalue weighted by atomic mass is 10.0. The molecule has 0 bridgehead atoms. The van der Waals surface area contributed by atoms with Gasteiger partial charge in [0.1, 0.15) is 0 Å². The maximum absolute atomic E-state index is 13.1. The molecular formula is C45H53N5O10S2. The Labute approximate surface area is 369 Å². The molecule has 2 heterocycles. The highest BCUT2D eigenvalue weighted by Crippen LogP contribution is 2.26. The third kappa shape index (κ3) is 16.4. The van der Waals surface area contributed by atoms with Gasteiger partial charge in [0, 0.05) is 104 Å².